The largest absolute Gasteiger partial charge is 0.499 e. The highest BCUT2D eigenvalue weighted by atomic mass is 19.1. The number of carbonyl (C=O) groups is 1. The number of nitrogens with one attached hydrogen (secondary N) is 2. The van der Waals surface area contributed by atoms with Gasteiger partial charge in [-0.25, -0.2) is 14.4 Å². The Hall–Kier alpha value is -3.86. The number of hydrogen-bond donors (Lipinski definition) is 2. The van der Waals surface area contributed by atoms with Gasteiger partial charge in [0.2, 0.25) is 5.91 Å². The van der Waals surface area contributed by atoms with Gasteiger partial charge in [0, 0.05) is 42.9 Å². The van der Waals surface area contributed by atoms with Crippen LogP contribution in [0.4, 0.5) is 15.9 Å². The van der Waals surface area contributed by atoms with Crippen molar-refractivity contribution in [1.82, 2.24) is 20.2 Å². The lowest BCUT2D eigenvalue weighted by atomic mass is 9.92. The van der Waals surface area contributed by atoms with E-state index < -0.39 is 0 Å². The van der Waals surface area contributed by atoms with Crippen molar-refractivity contribution in [1.29, 1.82) is 0 Å². The number of nitrogens with zero attached hydrogens (tertiary/aromatic N) is 3. The van der Waals surface area contributed by atoms with Gasteiger partial charge in [-0.3, -0.25) is 4.79 Å². The number of likely N-dealkylation sites (tertiary alicyclic amines) is 1. The zero-order valence-electron chi connectivity index (χ0n) is 18.6. The molecule has 0 saturated carbocycles. The second-order valence-electron chi connectivity index (χ2n) is 8.06. The van der Waals surface area contributed by atoms with Gasteiger partial charge in [0.15, 0.2) is 0 Å². The van der Waals surface area contributed by atoms with Crippen LogP contribution >= 0.6 is 0 Å². The molecule has 0 radical (unpaired) electrons. The molecule has 0 aliphatic carbocycles. The molecule has 1 aromatic carbocycles. The lowest BCUT2D eigenvalue weighted by Gasteiger charge is -2.36. The van der Waals surface area contributed by atoms with Crippen LogP contribution in [0.2, 0.25) is 0 Å². The summed E-state index contributed by atoms with van der Waals surface area (Å²) in [6, 6.07) is 7.79. The van der Waals surface area contributed by atoms with Gasteiger partial charge in [-0.2, -0.15) is 0 Å². The molecule has 4 rings (SSSR count). The van der Waals surface area contributed by atoms with Crippen molar-refractivity contribution in [3.05, 3.63) is 65.7 Å². The summed E-state index contributed by atoms with van der Waals surface area (Å²) >= 11 is 0. The highest BCUT2D eigenvalue weighted by molar-refractivity contribution is 5.75. The number of halogens is 1. The van der Waals surface area contributed by atoms with Gasteiger partial charge in [-0.05, 0) is 37.1 Å². The van der Waals surface area contributed by atoms with E-state index in [4.69, 9.17) is 21.1 Å². The molecule has 1 fully saturated rings. The van der Waals surface area contributed by atoms with E-state index in [9.17, 15) is 9.18 Å². The summed E-state index contributed by atoms with van der Waals surface area (Å²) in [5.74, 6) is 4.15. The normalized spacial score (nSPS) is 20.1. The van der Waals surface area contributed by atoms with Crippen molar-refractivity contribution in [3.63, 3.8) is 0 Å². The molecule has 7 nitrogen and oxygen atoms in total. The van der Waals surface area contributed by atoms with Crippen LogP contribution in [0.1, 0.15) is 37.2 Å². The predicted molar refractivity (Wildman–Crippen MR) is 125 cm³/mol. The molecule has 2 aliphatic rings. The Labute approximate surface area is 192 Å². The Morgan fingerprint density at radius 3 is 2.91 bits per heavy atom. The summed E-state index contributed by atoms with van der Waals surface area (Å²) < 4.78 is 19.1. The van der Waals surface area contributed by atoms with E-state index in [-0.39, 0.29) is 23.7 Å². The number of piperidine rings is 1. The van der Waals surface area contributed by atoms with Gasteiger partial charge in [-0.15, -0.1) is 6.42 Å². The van der Waals surface area contributed by atoms with Crippen molar-refractivity contribution in [2.45, 2.75) is 31.7 Å². The van der Waals surface area contributed by atoms with Crippen molar-refractivity contribution in [2.24, 2.45) is 0 Å². The Kier molecular flexibility index (Phi) is 6.59. The molecule has 1 aromatic heterocycles. The smallest absolute Gasteiger partial charge is 0.220 e. The lowest BCUT2D eigenvalue weighted by Crippen LogP contribution is -2.44. The summed E-state index contributed by atoms with van der Waals surface area (Å²) in [6.07, 6.45) is 10.9. The van der Waals surface area contributed by atoms with E-state index in [0.717, 1.165) is 17.8 Å². The predicted octanol–water partition coefficient (Wildman–Crippen LogP) is 3.56. The zero-order valence-corrected chi connectivity index (χ0v) is 18.6. The van der Waals surface area contributed by atoms with Crippen molar-refractivity contribution in [3.8, 4) is 12.3 Å². The highest BCUT2D eigenvalue weighted by Gasteiger charge is 2.31. The highest BCUT2D eigenvalue weighted by Crippen LogP contribution is 2.31. The number of methoxy groups -OCH3 is 1. The first-order valence-electron chi connectivity index (χ1n) is 10.8. The van der Waals surface area contributed by atoms with E-state index >= 15 is 0 Å². The second-order valence-corrected chi connectivity index (χ2v) is 8.06. The lowest BCUT2D eigenvalue weighted by molar-refractivity contribution is -0.131. The topological polar surface area (TPSA) is 79.4 Å². The molecule has 0 spiro atoms. The number of rotatable bonds is 5. The van der Waals surface area contributed by atoms with Crippen LogP contribution in [0, 0.1) is 18.2 Å². The number of benzene rings is 1. The van der Waals surface area contributed by atoms with Gasteiger partial charge in [-0.1, -0.05) is 12.0 Å². The van der Waals surface area contributed by atoms with Gasteiger partial charge < -0.3 is 20.3 Å². The average molecular weight is 448 g/mol. The monoisotopic (exact) mass is 447 g/mol. The average Bonchev–Trinajstić information content (AvgIpc) is 2.83. The van der Waals surface area contributed by atoms with E-state index in [1.165, 1.54) is 19.1 Å². The number of ether oxygens (including phenoxy) is 1. The molecule has 2 atom stereocenters. The summed E-state index contributed by atoms with van der Waals surface area (Å²) in [5, 5.41) is 6.36. The Bertz CT molecular complexity index is 1150. The maximum atomic E-state index is 13.7. The minimum atomic E-state index is -0.342. The Balaban J connectivity index is 1.71. The van der Waals surface area contributed by atoms with Gasteiger partial charge in [0.1, 0.15) is 23.2 Å². The molecule has 0 bridgehead atoms. The first-order chi connectivity index (χ1) is 16.0. The molecule has 1 saturated heterocycles. The van der Waals surface area contributed by atoms with Gasteiger partial charge in [0.05, 0.1) is 25.4 Å². The van der Waals surface area contributed by atoms with E-state index in [1.54, 1.807) is 24.1 Å². The SMILES string of the molecule is C#C[C@H]1CC[C@@H](c2nc(Nc3cccc(F)c3)cc(C3=CNCC(OC)=C3)n2)CN1C(C)=O. The Morgan fingerprint density at radius 2 is 2.18 bits per heavy atom. The summed E-state index contributed by atoms with van der Waals surface area (Å²) in [7, 11) is 1.62. The molecule has 8 heteroatoms. The standard InChI is InChI=1S/C25H26FN5O2/c1-4-21-9-8-17(15-31(21)16(2)32)25-29-23(18-10-22(33-3)14-27-13-18)12-24(30-25)28-20-7-5-6-19(26)11-20/h1,5-7,10-13,17,21,27H,8-9,14-15H2,2-3H3,(H,28,29,30)/t17-,21+/m1/s1. The third-order valence-electron chi connectivity index (χ3n) is 5.79. The maximum Gasteiger partial charge on any atom is 0.220 e. The van der Waals surface area contributed by atoms with Crippen molar-refractivity contribution >= 4 is 23.0 Å². The molecular weight excluding hydrogens is 421 g/mol. The molecular formula is C25H26FN5O2. The Morgan fingerprint density at radius 1 is 1.33 bits per heavy atom. The fourth-order valence-corrected chi connectivity index (χ4v) is 4.08. The van der Waals surface area contributed by atoms with Crippen LogP contribution in [0.25, 0.3) is 5.57 Å². The second kappa shape index (κ2) is 9.74. The quantitative estimate of drug-likeness (QED) is 0.683. The fraction of sp³-hybridized carbons (Fsp3) is 0.320. The molecule has 2 N–H and O–H groups in total. The third kappa shape index (κ3) is 5.14. The summed E-state index contributed by atoms with van der Waals surface area (Å²) in [4.78, 5) is 23.4. The molecule has 3 heterocycles. The molecule has 33 heavy (non-hydrogen) atoms. The molecule has 2 aliphatic heterocycles. The van der Waals surface area contributed by atoms with E-state index in [0.29, 0.717) is 42.5 Å². The summed E-state index contributed by atoms with van der Waals surface area (Å²) in [6.45, 7) is 2.57. The molecule has 1 amide bonds. The van der Waals surface area contributed by atoms with Crippen LogP contribution in [-0.2, 0) is 9.53 Å². The number of hydrogen-bond acceptors (Lipinski definition) is 6. The first kappa shape index (κ1) is 22.3. The van der Waals surface area contributed by atoms with E-state index in [1.807, 2.05) is 18.3 Å². The maximum absolute atomic E-state index is 13.7. The molecule has 2 aromatic rings. The molecule has 0 unspecified atom stereocenters. The van der Waals surface area contributed by atoms with Crippen LogP contribution in [-0.4, -0.2) is 47.0 Å². The number of anilines is 2. The minimum Gasteiger partial charge on any atom is -0.499 e. The molecule has 170 valence electrons. The summed E-state index contributed by atoms with van der Waals surface area (Å²) in [5.41, 5.74) is 2.11. The van der Waals surface area contributed by atoms with Gasteiger partial charge >= 0.3 is 0 Å². The number of dihydropyridines is 1. The fourth-order valence-electron chi connectivity index (χ4n) is 4.08. The number of aromatic nitrogens is 2. The van der Waals surface area contributed by atoms with E-state index in [2.05, 4.69) is 16.6 Å². The van der Waals surface area contributed by atoms with Crippen LogP contribution in [0.3, 0.4) is 0 Å². The number of terminal acetylenes is 1. The van der Waals surface area contributed by atoms with Crippen LogP contribution in [0.15, 0.2) is 48.4 Å². The number of allylic oxidation sites excluding steroid dienone is 2. The van der Waals surface area contributed by atoms with Crippen LogP contribution in [0.5, 0.6) is 0 Å². The van der Waals surface area contributed by atoms with Crippen molar-refractivity contribution in [2.75, 3.05) is 25.5 Å². The minimum absolute atomic E-state index is 0.0660. The number of amides is 1. The number of carbonyl (C=O) groups excluding carboxylic acids is 1. The third-order valence-corrected chi connectivity index (χ3v) is 5.79. The first-order valence-corrected chi connectivity index (χ1v) is 10.8. The zero-order chi connectivity index (χ0) is 23.4. The van der Waals surface area contributed by atoms with Crippen LogP contribution < -0.4 is 10.6 Å². The van der Waals surface area contributed by atoms with Gasteiger partial charge in [0.25, 0.3) is 0 Å². The van der Waals surface area contributed by atoms with Crippen molar-refractivity contribution < 1.29 is 13.9 Å².